The zero-order valence-electron chi connectivity index (χ0n) is 16.9. The molecule has 0 radical (unpaired) electrons. The van der Waals surface area contributed by atoms with Crippen LogP contribution in [0.3, 0.4) is 0 Å². The average molecular weight is 539 g/mol. The fourth-order valence-electron chi connectivity index (χ4n) is 3.05. The van der Waals surface area contributed by atoms with E-state index in [0.717, 1.165) is 6.92 Å². The summed E-state index contributed by atoms with van der Waals surface area (Å²) in [7, 11) is -10.5. The predicted molar refractivity (Wildman–Crippen MR) is 99.9 cm³/mol. The highest BCUT2D eigenvalue weighted by molar-refractivity contribution is 7.81. The third kappa shape index (κ3) is 7.78. The second-order valence-electron chi connectivity index (χ2n) is 6.90. The standard InChI is InChI=1S/C14H21NO17S2/c1-4(16)15-8-11(31-14-9(18)5(17)2-6(30-14)12(19)20)10(32-34(25,26)27)7(29-13(8)21)3-28-33(22,23)24/h2,5,7-11,13-14,17-18,21H,3H2,1H3,(H,15,16)(H,19,20)(H,22,23,24)(H,25,26,27)/t5-,7+,8+,9+,10-,11+,13+,14-/m0/s1. The van der Waals surface area contributed by atoms with Gasteiger partial charge in [-0.15, -0.1) is 0 Å². The lowest BCUT2D eigenvalue weighted by molar-refractivity contribution is -0.297. The van der Waals surface area contributed by atoms with Crippen LogP contribution in [-0.4, -0.2) is 114 Å². The maximum absolute atomic E-state index is 11.6. The summed E-state index contributed by atoms with van der Waals surface area (Å²) in [6.07, 6.45) is -13.6. The van der Waals surface area contributed by atoms with Crippen LogP contribution in [0.5, 0.6) is 0 Å². The third-order valence-electron chi connectivity index (χ3n) is 4.35. The molecule has 2 aliphatic rings. The second kappa shape index (κ2) is 10.7. The maximum atomic E-state index is 11.6. The number of hydrogen-bond donors (Lipinski definition) is 7. The van der Waals surface area contributed by atoms with Gasteiger partial charge in [-0.05, 0) is 6.08 Å². The number of carboxylic acids is 1. The Morgan fingerprint density at radius 3 is 2.21 bits per heavy atom. The van der Waals surface area contributed by atoms with E-state index in [9.17, 15) is 41.7 Å². The van der Waals surface area contributed by atoms with Crippen molar-refractivity contribution in [3.8, 4) is 0 Å². The molecule has 7 N–H and O–H groups in total. The number of carbonyl (C=O) groups excluding carboxylic acids is 1. The van der Waals surface area contributed by atoms with Crippen LogP contribution < -0.4 is 5.32 Å². The molecule has 196 valence electrons. The smallest absolute Gasteiger partial charge is 0.397 e. The van der Waals surface area contributed by atoms with E-state index in [1.54, 1.807) is 0 Å². The minimum Gasteiger partial charge on any atom is -0.475 e. The quantitative estimate of drug-likeness (QED) is 0.136. The van der Waals surface area contributed by atoms with Crippen LogP contribution in [0.4, 0.5) is 0 Å². The summed E-state index contributed by atoms with van der Waals surface area (Å²) in [6, 6.07) is -1.77. The minimum atomic E-state index is -5.38. The Kier molecular flexibility index (Phi) is 8.93. The van der Waals surface area contributed by atoms with Crippen LogP contribution in [0.1, 0.15) is 6.92 Å². The van der Waals surface area contributed by atoms with Gasteiger partial charge in [0, 0.05) is 6.92 Å². The second-order valence-corrected chi connectivity index (χ2v) is 9.04. The van der Waals surface area contributed by atoms with Crippen molar-refractivity contribution < 1.29 is 78.5 Å². The van der Waals surface area contributed by atoms with Crippen LogP contribution in [0.15, 0.2) is 11.8 Å². The van der Waals surface area contributed by atoms with E-state index in [4.69, 9.17) is 28.4 Å². The lowest BCUT2D eigenvalue weighted by atomic mass is 9.96. The molecule has 0 aromatic heterocycles. The van der Waals surface area contributed by atoms with Gasteiger partial charge in [0.2, 0.25) is 18.0 Å². The third-order valence-corrected chi connectivity index (χ3v) is 5.24. The molecule has 0 saturated carbocycles. The number of hydrogen-bond acceptors (Lipinski definition) is 14. The number of nitrogens with one attached hydrogen (secondary N) is 1. The topological polar surface area (TPSA) is 282 Å². The highest BCUT2D eigenvalue weighted by Crippen LogP contribution is 2.30. The molecular formula is C14H21NO17S2. The Balaban J connectivity index is 2.47. The first-order chi connectivity index (χ1) is 15.5. The summed E-state index contributed by atoms with van der Waals surface area (Å²) >= 11 is 0. The molecule has 8 atom stereocenters. The molecule has 2 heterocycles. The first kappa shape index (κ1) is 28.3. The van der Waals surface area contributed by atoms with Crippen LogP contribution in [-0.2, 0) is 53.0 Å². The van der Waals surface area contributed by atoms with E-state index in [1.807, 2.05) is 0 Å². The number of amides is 1. The lowest BCUT2D eigenvalue weighted by Crippen LogP contribution is -2.67. The minimum absolute atomic E-state index is 0.617. The monoisotopic (exact) mass is 539 g/mol. The molecule has 1 fully saturated rings. The van der Waals surface area contributed by atoms with Crippen molar-refractivity contribution in [3.05, 3.63) is 11.8 Å². The number of ether oxygens (including phenoxy) is 3. The number of aliphatic carboxylic acids is 1. The van der Waals surface area contributed by atoms with Gasteiger partial charge in [-0.3, -0.25) is 13.9 Å². The predicted octanol–water partition coefficient (Wildman–Crippen LogP) is -4.35. The Morgan fingerprint density at radius 2 is 1.71 bits per heavy atom. The van der Waals surface area contributed by atoms with E-state index in [2.05, 4.69) is 13.7 Å². The summed E-state index contributed by atoms with van der Waals surface area (Å²) in [4.78, 5) is 22.8. The number of aliphatic hydroxyl groups excluding tert-OH is 3. The average Bonchev–Trinajstić information content (AvgIpc) is 2.66. The Morgan fingerprint density at radius 1 is 1.09 bits per heavy atom. The molecule has 0 aromatic rings. The molecule has 2 rings (SSSR count). The van der Waals surface area contributed by atoms with Crippen LogP contribution in [0, 0.1) is 0 Å². The fourth-order valence-corrected chi connectivity index (χ4v) is 3.87. The summed E-state index contributed by atoms with van der Waals surface area (Å²) in [5.41, 5.74) is 0. The van der Waals surface area contributed by atoms with Crippen molar-refractivity contribution >= 4 is 32.7 Å². The molecule has 0 spiro atoms. The van der Waals surface area contributed by atoms with E-state index in [1.165, 1.54) is 0 Å². The van der Waals surface area contributed by atoms with Crippen molar-refractivity contribution in [2.24, 2.45) is 0 Å². The van der Waals surface area contributed by atoms with E-state index < -0.39 is 94.2 Å². The number of rotatable bonds is 9. The van der Waals surface area contributed by atoms with Crippen LogP contribution >= 0.6 is 0 Å². The van der Waals surface area contributed by atoms with Crippen molar-refractivity contribution in [3.63, 3.8) is 0 Å². The van der Waals surface area contributed by atoms with E-state index >= 15 is 0 Å². The van der Waals surface area contributed by atoms with Crippen molar-refractivity contribution in [1.82, 2.24) is 5.32 Å². The van der Waals surface area contributed by atoms with Crippen molar-refractivity contribution in [2.75, 3.05) is 6.61 Å². The highest BCUT2D eigenvalue weighted by atomic mass is 32.3. The van der Waals surface area contributed by atoms with Gasteiger partial charge in [0.1, 0.15) is 36.6 Å². The molecule has 0 aliphatic carbocycles. The molecule has 18 nitrogen and oxygen atoms in total. The van der Waals surface area contributed by atoms with Crippen molar-refractivity contribution in [1.29, 1.82) is 0 Å². The van der Waals surface area contributed by atoms with Gasteiger partial charge >= 0.3 is 26.8 Å². The first-order valence-corrected chi connectivity index (χ1v) is 11.7. The van der Waals surface area contributed by atoms with Crippen LogP contribution in [0.2, 0.25) is 0 Å². The number of aliphatic hydroxyl groups is 3. The highest BCUT2D eigenvalue weighted by Gasteiger charge is 2.52. The summed E-state index contributed by atoms with van der Waals surface area (Å²) < 4.78 is 86.3. The molecule has 1 saturated heterocycles. The molecule has 34 heavy (non-hydrogen) atoms. The zero-order chi connectivity index (χ0) is 26.0. The zero-order valence-corrected chi connectivity index (χ0v) is 18.5. The van der Waals surface area contributed by atoms with Gasteiger partial charge in [-0.1, -0.05) is 0 Å². The molecular weight excluding hydrogens is 518 g/mol. The van der Waals surface area contributed by atoms with Gasteiger partial charge < -0.3 is 40.0 Å². The number of carbonyl (C=O) groups is 2. The van der Waals surface area contributed by atoms with Crippen LogP contribution in [0.25, 0.3) is 0 Å². The molecule has 1 amide bonds. The van der Waals surface area contributed by atoms with Gasteiger partial charge in [0.25, 0.3) is 0 Å². The molecule has 20 heteroatoms. The normalized spacial score (nSPS) is 34.6. The Labute approximate surface area is 191 Å². The lowest BCUT2D eigenvalue weighted by Gasteiger charge is -2.45. The largest absolute Gasteiger partial charge is 0.475 e. The molecule has 0 bridgehead atoms. The van der Waals surface area contributed by atoms with Gasteiger partial charge in [0.15, 0.2) is 6.29 Å². The summed E-state index contributed by atoms with van der Waals surface area (Å²) in [5, 5.41) is 41.5. The summed E-state index contributed by atoms with van der Waals surface area (Å²) in [5.74, 6) is -3.45. The van der Waals surface area contributed by atoms with E-state index in [0.29, 0.717) is 6.08 Å². The molecule has 0 unspecified atom stereocenters. The Bertz CT molecular complexity index is 1010. The van der Waals surface area contributed by atoms with Crippen molar-refractivity contribution in [2.45, 2.75) is 56.1 Å². The Hall–Kier alpha value is -1.98. The first-order valence-electron chi connectivity index (χ1n) is 9.00. The van der Waals surface area contributed by atoms with Gasteiger partial charge in [0.05, 0.1) is 6.61 Å². The SMILES string of the molecule is CC(=O)N[C@@H]1[C@@H](O[C@@H]2OC(C(=O)O)=C[C@H](O)[C@H]2O)[C@@H](OS(=O)(=O)O)[C@@H](COS(=O)(=O)O)O[C@H]1O. The van der Waals surface area contributed by atoms with Gasteiger partial charge in [-0.2, -0.15) is 16.8 Å². The van der Waals surface area contributed by atoms with E-state index in [-0.39, 0.29) is 0 Å². The molecule has 0 aromatic carbocycles. The van der Waals surface area contributed by atoms with Gasteiger partial charge in [-0.25, -0.2) is 13.2 Å². The number of carboxylic acid groups (broad SMARTS) is 1. The summed E-state index contributed by atoms with van der Waals surface area (Å²) in [6.45, 7) is -0.267. The maximum Gasteiger partial charge on any atom is 0.397 e. The fraction of sp³-hybridized carbons (Fsp3) is 0.714. The molecule has 2 aliphatic heterocycles.